The number of hydrogen-bond acceptors (Lipinski definition) is 4. The molecule has 4 nitrogen and oxygen atoms in total. The third-order valence-electron chi connectivity index (χ3n) is 2.73. The molecule has 1 aromatic heterocycles. The number of methoxy groups -OCH3 is 2. The van der Waals surface area contributed by atoms with Gasteiger partial charge in [-0.1, -0.05) is 22.0 Å². The first-order valence-corrected chi connectivity index (χ1v) is 6.78. The van der Waals surface area contributed by atoms with E-state index in [1.165, 1.54) is 0 Å². The van der Waals surface area contributed by atoms with Crippen molar-refractivity contribution in [1.82, 2.24) is 9.97 Å². The van der Waals surface area contributed by atoms with Gasteiger partial charge in [0.05, 0.1) is 19.0 Å². The van der Waals surface area contributed by atoms with Crippen molar-refractivity contribution >= 4 is 15.9 Å². The van der Waals surface area contributed by atoms with Gasteiger partial charge < -0.3 is 9.47 Å². The third-order valence-corrected chi connectivity index (χ3v) is 3.46. The topological polar surface area (TPSA) is 44.2 Å². The molecule has 1 aromatic carbocycles. The minimum absolute atomic E-state index is 0.0757. The van der Waals surface area contributed by atoms with Gasteiger partial charge in [-0.25, -0.2) is 9.97 Å². The lowest BCUT2D eigenvalue weighted by Gasteiger charge is -2.11. The van der Waals surface area contributed by atoms with Crippen LogP contribution in [0.4, 0.5) is 0 Å². The minimum Gasteiger partial charge on any atom is -0.493 e. The molecule has 0 fully saturated rings. The number of halogens is 1. The Hall–Kier alpha value is -1.62. The van der Waals surface area contributed by atoms with Crippen molar-refractivity contribution in [2.24, 2.45) is 0 Å². The van der Waals surface area contributed by atoms with Crippen LogP contribution >= 0.6 is 15.9 Å². The van der Waals surface area contributed by atoms with Gasteiger partial charge in [-0.15, -0.1) is 0 Å². The van der Waals surface area contributed by atoms with E-state index in [4.69, 9.17) is 9.47 Å². The van der Waals surface area contributed by atoms with E-state index >= 15 is 0 Å². The van der Waals surface area contributed by atoms with E-state index in [2.05, 4.69) is 25.9 Å². The van der Waals surface area contributed by atoms with E-state index in [0.717, 1.165) is 29.3 Å². The Kier molecular flexibility index (Phi) is 4.74. The van der Waals surface area contributed by atoms with Gasteiger partial charge in [0.25, 0.3) is 0 Å². The largest absolute Gasteiger partial charge is 0.493 e. The lowest BCUT2D eigenvalue weighted by atomic mass is 10.1. The highest BCUT2D eigenvalue weighted by molar-refractivity contribution is 9.09. The van der Waals surface area contributed by atoms with Crippen LogP contribution in [0.2, 0.25) is 0 Å². The van der Waals surface area contributed by atoms with Crippen LogP contribution in [0.5, 0.6) is 11.5 Å². The van der Waals surface area contributed by atoms with Gasteiger partial charge >= 0.3 is 0 Å². The fourth-order valence-electron chi connectivity index (χ4n) is 1.78. The fourth-order valence-corrected chi connectivity index (χ4v) is 2.39. The summed E-state index contributed by atoms with van der Waals surface area (Å²) in [6, 6.07) is 7.69. The zero-order chi connectivity index (χ0) is 13.7. The van der Waals surface area contributed by atoms with E-state index in [1.54, 1.807) is 32.7 Å². The quantitative estimate of drug-likeness (QED) is 0.793. The number of alkyl halides is 1. The van der Waals surface area contributed by atoms with Crippen molar-refractivity contribution in [3.63, 3.8) is 0 Å². The molecule has 0 bridgehead atoms. The molecule has 0 saturated carbocycles. The number of ether oxygens (including phenoxy) is 2. The summed E-state index contributed by atoms with van der Waals surface area (Å²) in [6.45, 7) is 0. The molecule has 0 aliphatic rings. The number of nitrogens with zero attached hydrogens (tertiary/aromatic N) is 2. The first-order valence-electron chi connectivity index (χ1n) is 5.86. The highest BCUT2D eigenvalue weighted by Gasteiger charge is 2.12. The average Bonchev–Trinajstić information content (AvgIpc) is 2.48. The summed E-state index contributed by atoms with van der Waals surface area (Å²) in [4.78, 5) is 8.55. The summed E-state index contributed by atoms with van der Waals surface area (Å²) < 4.78 is 10.5. The van der Waals surface area contributed by atoms with Crippen LogP contribution in [-0.4, -0.2) is 24.2 Å². The van der Waals surface area contributed by atoms with Crippen LogP contribution in [-0.2, 0) is 6.42 Å². The molecular formula is C14H15BrN2O2. The Morgan fingerprint density at radius 3 is 2.42 bits per heavy atom. The maximum atomic E-state index is 5.29. The normalized spacial score (nSPS) is 11.9. The maximum absolute atomic E-state index is 5.29. The molecule has 1 atom stereocenters. The van der Waals surface area contributed by atoms with Crippen molar-refractivity contribution < 1.29 is 9.47 Å². The lowest BCUT2D eigenvalue weighted by molar-refractivity contribution is 0.354. The predicted octanol–water partition coefficient (Wildman–Crippen LogP) is 3.17. The summed E-state index contributed by atoms with van der Waals surface area (Å²) in [6.07, 6.45) is 4.26. The molecule has 0 saturated heterocycles. The Morgan fingerprint density at radius 2 is 1.79 bits per heavy atom. The highest BCUT2D eigenvalue weighted by atomic mass is 79.9. The molecule has 1 heterocycles. The van der Waals surface area contributed by atoms with Crippen molar-refractivity contribution in [2.75, 3.05) is 14.2 Å². The van der Waals surface area contributed by atoms with Crippen LogP contribution in [0.25, 0.3) is 0 Å². The van der Waals surface area contributed by atoms with Crippen molar-refractivity contribution in [3.8, 4) is 11.5 Å². The summed E-state index contributed by atoms with van der Waals surface area (Å²) >= 11 is 3.61. The molecular weight excluding hydrogens is 308 g/mol. The lowest BCUT2D eigenvalue weighted by Crippen LogP contribution is -2.01. The van der Waals surface area contributed by atoms with Gasteiger partial charge in [0.2, 0.25) is 0 Å². The number of hydrogen-bond donors (Lipinski definition) is 0. The van der Waals surface area contributed by atoms with E-state index < -0.39 is 0 Å². The molecule has 1 unspecified atom stereocenters. The number of rotatable bonds is 5. The average molecular weight is 323 g/mol. The summed E-state index contributed by atoms with van der Waals surface area (Å²) in [5, 5.41) is 0. The predicted molar refractivity (Wildman–Crippen MR) is 77.0 cm³/mol. The smallest absolute Gasteiger partial charge is 0.160 e. The SMILES string of the molecule is COc1ccc(CC(Br)c2ncccn2)cc1OC. The van der Waals surface area contributed by atoms with Crippen molar-refractivity contribution in [3.05, 3.63) is 48.0 Å². The zero-order valence-electron chi connectivity index (χ0n) is 10.8. The van der Waals surface area contributed by atoms with E-state index in [-0.39, 0.29) is 4.83 Å². The Balaban J connectivity index is 2.15. The van der Waals surface area contributed by atoms with E-state index in [1.807, 2.05) is 18.2 Å². The van der Waals surface area contributed by atoms with Gasteiger partial charge in [0.1, 0.15) is 5.82 Å². The molecule has 19 heavy (non-hydrogen) atoms. The Bertz CT molecular complexity index is 534. The summed E-state index contributed by atoms with van der Waals surface area (Å²) in [5.74, 6) is 2.24. The summed E-state index contributed by atoms with van der Waals surface area (Å²) in [5.41, 5.74) is 1.13. The molecule has 0 N–H and O–H groups in total. The van der Waals surface area contributed by atoms with Crippen molar-refractivity contribution in [1.29, 1.82) is 0 Å². The van der Waals surface area contributed by atoms with E-state index in [0.29, 0.717) is 0 Å². The molecule has 2 rings (SSSR count). The summed E-state index contributed by atoms with van der Waals surface area (Å²) in [7, 11) is 3.26. The number of aromatic nitrogens is 2. The van der Waals surface area contributed by atoms with Gasteiger partial charge in [-0.2, -0.15) is 0 Å². The molecule has 0 aliphatic heterocycles. The van der Waals surface area contributed by atoms with Gasteiger partial charge in [-0.3, -0.25) is 0 Å². The third kappa shape index (κ3) is 3.44. The zero-order valence-corrected chi connectivity index (χ0v) is 12.4. The highest BCUT2D eigenvalue weighted by Crippen LogP contribution is 2.31. The molecule has 100 valence electrons. The van der Waals surface area contributed by atoms with E-state index in [9.17, 15) is 0 Å². The molecule has 2 aromatic rings. The van der Waals surface area contributed by atoms with Crippen LogP contribution in [0, 0.1) is 0 Å². The van der Waals surface area contributed by atoms with Gasteiger partial charge in [0.15, 0.2) is 11.5 Å². The van der Waals surface area contributed by atoms with Crippen LogP contribution in [0.3, 0.4) is 0 Å². The second-order valence-corrected chi connectivity index (χ2v) is 5.07. The fraction of sp³-hybridized carbons (Fsp3) is 0.286. The van der Waals surface area contributed by atoms with Crippen LogP contribution in [0.1, 0.15) is 16.2 Å². The molecule has 0 spiro atoms. The first kappa shape index (κ1) is 13.8. The standard InChI is InChI=1S/C14H15BrN2O2/c1-18-12-5-4-10(9-13(12)19-2)8-11(15)14-16-6-3-7-17-14/h3-7,9,11H,8H2,1-2H3. The number of benzene rings is 1. The van der Waals surface area contributed by atoms with Crippen LogP contribution < -0.4 is 9.47 Å². The molecule has 0 radical (unpaired) electrons. The van der Waals surface area contributed by atoms with Gasteiger partial charge in [-0.05, 0) is 30.2 Å². The second kappa shape index (κ2) is 6.52. The molecule has 5 heteroatoms. The molecule has 0 amide bonds. The monoisotopic (exact) mass is 322 g/mol. The van der Waals surface area contributed by atoms with Crippen molar-refractivity contribution in [2.45, 2.75) is 11.2 Å². The van der Waals surface area contributed by atoms with Crippen LogP contribution in [0.15, 0.2) is 36.7 Å². The molecule has 0 aliphatic carbocycles. The minimum atomic E-state index is 0.0757. The Labute approximate surface area is 120 Å². The Morgan fingerprint density at radius 1 is 1.11 bits per heavy atom. The first-order chi connectivity index (χ1) is 9.24. The second-order valence-electron chi connectivity index (χ2n) is 3.97. The van der Waals surface area contributed by atoms with Gasteiger partial charge in [0, 0.05) is 12.4 Å². The maximum Gasteiger partial charge on any atom is 0.160 e.